The first-order valence-corrected chi connectivity index (χ1v) is 6.08. The van der Waals surface area contributed by atoms with Crippen LogP contribution in [0.15, 0.2) is 22.7 Å². The molecular formula is C11H7Cl2FN2O4. The van der Waals surface area contributed by atoms with Crippen LogP contribution in [0.2, 0.25) is 0 Å². The Kier molecular flexibility index (Phi) is 4.10. The lowest BCUT2D eigenvalue weighted by molar-refractivity contribution is -0.387. The lowest BCUT2D eigenvalue weighted by Crippen LogP contribution is -2.39. The highest BCUT2D eigenvalue weighted by Crippen LogP contribution is 2.37. The van der Waals surface area contributed by atoms with Crippen molar-refractivity contribution in [2.75, 3.05) is 18.1 Å². The number of rotatable bonds is 3. The van der Waals surface area contributed by atoms with Gasteiger partial charge in [-0.25, -0.2) is 0 Å². The molecular weight excluding hydrogens is 314 g/mol. The Morgan fingerprint density at radius 2 is 2.25 bits per heavy atom. The molecule has 20 heavy (non-hydrogen) atoms. The first-order chi connectivity index (χ1) is 9.40. The minimum absolute atomic E-state index is 0.000311. The van der Waals surface area contributed by atoms with Crippen molar-refractivity contribution >= 4 is 40.5 Å². The summed E-state index contributed by atoms with van der Waals surface area (Å²) in [6.45, 7) is -0.293. The van der Waals surface area contributed by atoms with Gasteiger partial charge >= 0.3 is 5.69 Å². The second kappa shape index (κ2) is 5.64. The van der Waals surface area contributed by atoms with Crippen molar-refractivity contribution in [2.45, 2.75) is 0 Å². The van der Waals surface area contributed by atoms with Crippen LogP contribution in [-0.4, -0.2) is 24.0 Å². The van der Waals surface area contributed by atoms with Crippen molar-refractivity contribution in [3.63, 3.8) is 0 Å². The van der Waals surface area contributed by atoms with E-state index in [-0.39, 0.29) is 29.1 Å². The molecule has 0 radical (unpaired) electrons. The molecule has 1 aromatic rings. The molecule has 6 nitrogen and oxygen atoms in total. The molecule has 0 saturated carbocycles. The zero-order valence-corrected chi connectivity index (χ0v) is 11.3. The number of benzene rings is 1. The summed E-state index contributed by atoms with van der Waals surface area (Å²) in [6, 6.07) is 1.82. The van der Waals surface area contributed by atoms with E-state index in [1.165, 1.54) is 11.0 Å². The van der Waals surface area contributed by atoms with E-state index in [0.29, 0.717) is 0 Å². The molecule has 1 heterocycles. The van der Waals surface area contributed by atoms with Crippen LogP contribution in [0.4, 0.5) is 15.8 Å². The standard InChI is InChI=1S/C11H7Cl2FN2O4/c12-10(13)1-2-15-8-4-7(16(18)19)6(14)3-9(8)20-5-11(15)17/h1,3-4H,2,5H2. The molecule has 0 atom stereocenters. The van der Waals surface area contributed by atoms with Gasteiger partial charge in [0.05, 0.1) is 10.6 Å². The molecule has 0 unspecified atom stereocenters. The average molecular weight is 321 g/mol. The summed E-state index contributed by atoms with van der Waals surface area (Å²) < 4.78 is 18.5. The van der Waals surface area contributed by atoms with Crippen LogP contribution < -0.4 is 9.64 Å². The third-order valence-corrected chi connectivity index (χ3v) is 2.90. The summed E-state index contributed by atoms with van der Waals surface area (Å²) >= 11 is 10.9. The topological polar surface area (TPSA) is 72.7 Å². The number of carbonyl (C=O) groups excluding carboxylic acids is 1. The maximum Gasteiger partial charge on any atom is 0.307 e. The minimum Gasteiger partial charge on any atom is -0.481 e. The van der Waals surface area contributed by atoms with Crippen LogP contribution >= 0.6 is 23.2 Å². The van der Waals surface area contributed by atoms with Crippen LogP contribution in [0.3, 0.4) is 0 Å². The molecule has 106 valence electrons. The zero-order valence-electron chi connectivity index (χ0n) is 9.81. The van der Waals surface area contributed by atoms with Crippen LogP contribution in [0, 0.1) is 15.9 Å². The first-order valence-electron chi connectivity index (χ1n) is 5.32. The zero-order chi connectivity index (χ0) is 14.9. The molecule has 0 aromatic heterocycles. The Morgan fingerprint density at radius 3 is 2.85 bits per heavy atom. The molecule has 1 amide bonds. The normalized spacial score (nSPS) is 13.6. The van der Waals surface area contributed by atoms with Gasteiger partial charge in [0.1, 0.15) is 10.2 Å². The summed E-state index contributed by atoms with van der Waals surface area (Å²) in [5.74, 6) is -1.43. The Hall–Kier alpha value is -1.86. The van der Waals surface area contributed by atoms with Crippen molar-refractivity contribution in [3.8, 4) is 5.75 Å². The molecule has 0 N–H and O–H groups in total. The number of nitro benzene ring substituents is 1. The molecule has 0 aliphatic carbocycles. The van der Waals surface area contributed by atoms with Crippen LogP contribution in [0.25, 0.3) is 0 Å². The Morgan fingerprint density at radius 1 is 1.55 bits per heavy atom. The number of nitro groups is 1. The maximum absolute atomic E-state index is 13.5. The van der Waals surface area contributed by atoms with E-state index in [2.05, 4.69) is 0 Å². The Bertz CT molecular complexity index is 617. The number of hydrogen-bond acceptors (Lipinski definition) is 4. The van der Waals surface area contributed by atoms with Gasteiger partial charge in [-0.2, -0.15) is 4.39 Å². The fourth-order valence-corrected chi connectivity index (χ4v) is 1.85. The maximum atomic E-state index is 13.5. The van der Waals surface area contributed by atoms with E-state index in [4.69, 9.17) is 27.9 Å². The lowest BCUT2D eigenvalue weighted by atomic mass is 10.2. The predicted octanol–water partition coefficient (Wildman–Crippen LogP) is 2.78. The molecule has 9 heteroatoms. The second-order valence-corrected chi connectivity index (χ2v) is 4.82. The molecule has 1 aliphatic rings. The van der Waals surface area contributed by atoms with Gasteiger partial charge in [-0.05, 0) is 6.08 Å². The number of ether oxygens (including phenoxy) is 1. The predicted molar refractivity (Wildman–Crippen MR) is 70.7 cm³/mol. The van der Waals surface area contributed by atoms with E-state index < -0.39 is 22.3 Å². The van der Waals surface area contributed by atoms with Crippen molar-refractivity contribution in [3.05, 3.63) is 38.6 Å². The number of nitrogens with zero attached hydrogens (tertiary/aromatic N) is 2. The number of amides is 1. The van der Waals surface area contributed by atoms with E-state index in [1.807, 2.05) is 0 Å². The largest absolute Gasteiger partial charge is 0.481 e. The van der Waals surface area contributed by atoms with Crippen molar-refractivity contribution in [1.29, 1.82) is 0 Å². The van der Waals surface area contributed by atoms with E-state index in [1.54, 1.807) is 0 Å². The van der Waals surface area contributed by atoms with E-state index >= 15 is 0 Å². The lowest BCUT2D eigenvalue weighted by Gasteiger charge is -2.28. The summed E-state index contributed by atoms with van der Waals surface area (Å²) in [7, 11) is 0. The Balaban J connectivity index is 2.48. The van der Waals surface area contributed by atoms with Gasteiger partial charge < -0.3 is 9.64 Å². The van der Waals surface area contributed by atoms with Gasteiger partial charge in [-0.15, -0.1) is 0 Å². The van der Waals surface area contributed by atoms with Crippen molar-refractivity contribution in [1.82, 2.24) is 0 Å². The van der Waals surface area contributed by atoms with E-state index in [0.717, 1.165) is 12.1 Å². The Labute approximate surface area is 122 Å². The van der Waals surface area contributed by atoms with Gasteiger partial charge in [0.2, 0.25) is 5.82 Å². The highest BCUT2D eigenvalue weighted by molar-refractivity contribution is 6.55. The van der Waals surface area contributed by atoms with Crippen LogP contribution in [-0.2, 0) is 4.79 Å². The summed E-state index contributed by atoms with van der Waals surface area (Å²) in [5, 5.41) is 10.7. The van der Waals surface area contributed by atoms with Crippen molar-refractivity contribution < 1.29 is 18.8 Å². The molecule has 0 fully saturated rings. The smallest absolute Gasteiger partial charge is 0.307 e. The molecule has 0 bridgehead atoms. The fraction of sp³-hybridized carbons (Fsp3) is 0.182. The summed E-state index contributed by atoms with van der Waals surface area (Å²) in [6.07, 6.45) is 1.34. The average Bonchev–Trinajstić information content (AvgIpc) is 2.36. The van der Waals surface area contributed by atoms with Gasteiger partial charge in [0, 0.05) is 18.7 Å². The minimum atomic E-state index is -1.03. The van der Waals surface area contributed by atoms with Gasteiger partial charge in [-0.3, -0.25) is 14.9 Å². The number of halogens is 3. The number of anilines is 1. The van der Waals surface area contributed by atoms with Gasteiger partial charge in [0.25, 0.3) is 5.91 Å². The van der Waals surface area contributed by atoms with Gasteiger partial charge in [0.15, 0.2) is 6.61 Å². The summed E-state index contributed by atoms with van der Waals surface area (Å²) in [4.78, 5) is 22.8. The van der Waals surface area contributed by atoms with E-state index in [9.17, 15) is 19.3 Å². The number of fused-ring (bicyclic) bond motifs is 1. The summed E-state index contributed by atoms with van der Waals surface area (Å²) in [5.41, 5.74) is -0.645. The highest BCUT2D eigenvalue weighted by Gasteiger charge is 2.29. The third kappa shape index (κ3) is 2.83. The van der Waals surface area contributed by atoms with Crippen LogP contribution in [0.1, 0.15) is 0 Å². The molecule has 2 rings (SSSR count). The van der Waals surface area contributed by atoms with Gasteiger partial charge in [-0.1, -0.05) is 23.2 Å². The highest BCUT2D eigenvalue weighted by atomic mass is 35.5. The monoisotopic (exact) mass is 320 g/mol. The number of hydrogen-bond donors (Lipinski definition) is 0. The van der Waals surface area contributed by atoms with Crippen molar-refractivity contribution in [2.24, 2.45) is 0 Å². The molecule has 1 aliphatic heterocycles. The van der Waals surface area contributed by atoms with Crippen LogP contribution in [0.5, 0.6) is 5.75 Å². The molecule has 0 spiro atoms. The molecule has 1 aromatic carbocycles. The molecule has 0 saturated heterocycles. The fourth-order valence-electron chi connectivity index (χ4n) is 1.71. The SMILES string of the molecule is O=C1COc2cc(F)c([N+](=O)[O-])cc2N1CC=C(Cl)Cl. The first kappa shape index (κ1) is 14.5. The quantitative estimate of drug-likeness (QED) is 0.634. The second-order valence-electron chi connectivity index (χ2n) is 3.82. The number of carbonyl (C=O) groups is 1. The third-order valence-electron chi connectivity index (χ3n) is 2.60.